The molecule has 0 saturated heterocycles. The Morgan fingerprint density at radius 3 is 2.74 bits per heavy atom. The zero-order valence-corrected chi connectivity index (χ0v) is 20.7. The van der Waals surface area contributed by atoms with Crippen molar-refractivity contribution in [3.05, 3.63) is 93.1 Å². The number of hydrogen-bond acceptors (Lipinski definition) is 5. The van der Waals surface area contributed by atoms with E-state index >= 15 is 0 Å². The third-order valence-corrected chi connectivity index (χ3v) is 8.09. The molecule has 7 heteroatoms. The molecule has 1 unspecified atom stereocenters. The number of nitrogens with zero attached hydrogens (tertiary/aromatic N) is 4. The highest BCUT2D eigenvalue weighted by molar-refractivity contribution is 7.09. The van der Waals surface area contributed by atoms with E-state index in [9.17, 15) is 4.79 Å². The normalized spacial score (nSPS) is 17.2. The number of carbonyl (C=O) groups is 1. The third-order valence-electron chi connectivity index (χ3n) is 7.24. The van der Waals surface area contributed by atoms with Gasteiger partial charge in [-0.2, -0.15) is 5.10 Å². The maximum absolute atomic E-state index is 13.5. The second kappa shape index (κ2) is 9.40. The van der Waals surface area contributed by atoms with Crippen molar-refractivity contribution in [2.45, 2.75) is 44.8 Å². The van der Waals surface area contributed by atoms with E-state index in [1.807, 2.05) is 34.8 Å². The summed E-state index contributed by atoms with van der Waals surface area (Å²) in [6, 6.07) is 19.0. The number of benzene rings is 2. The summed E-state index contributed by atoms with van der Waals surface area (Å²) < 4.78 is 1.92. The number of aryl methyl sites for hydroxylation is 1. The predicted molar refractivity (Wildman–Crippen MR) is 138 cm³/mol. The first-order valence-electron chi connectivity index (χ1n) is 12.3. The van der Waals surface area contributed by atoms with E-state index in [4.69, 9.17) is 10.1 Å². The molecule has 2 aromatic carbocycles. The van der Waals surface area contributed by atoms with Crippen LogP contribution in [0.25, 0.3) is 11.3 Å². The van der Waals surface area contributed by atoms with Gasteiger partial charge in [0.25, 0.3) is 5.91 Å². The fourth-order valence-electron chi connectivity index (χ4n) is 5.32. The SMILES string of the molecule is Cn1nc(C(=O)N2CCc3ccccc3C2)c2c1CCC(NCc1nc(-c3ccccc3)cs1)C2. The standard InChI is InChI=1S/C28H29N5OS/c1-32-25-12-11-22(29-16-26-30-24(18-35-26)20-8-3-2-4-9-20)15-23(25)27(31-32)28(34)33-14-13-19-7-5-6-10-21(19)17-33/h2-10,18,22,29H,11-17H2,1H3. The van der Waals surface area contributed by atoms with E-state index in [-0.39, 0.29) is 5.91 Å². The number of rotatable bonds is 5. The fourth-order valence-corrected chi connectivity index (χ4v) is 6.07. The number of thiazole rings is 1. The van der Waals surface area contributed by atoms with Crippen LogP contribution in [0.15, 0.2) is 60.0 Å². The van der Waals surface area contributed by atoms with Crippen LogP contribution < -0.4 is 5.32 Å². The third kappa shape index (κ3) is 4.42. The van der Waals surface area contributed by atoms with Crippen LogP contribution in [-0.4, -0.2) is 38.2 Å². The molecular weight excluding hydrogens is 454 g/mol. The Morgan fingerprint density at radius 2 is 1.89 bits per heavy atom. The van der Waals surface area contributed by atoms with Gasteiger partial charge in [0, 0.05) is 54.9 Å². The molecule has 0 radical (unpaired) electrons. The summed E-state index contributed by atoms with van der Waals surface area (Å²) >= 11 is 1.69. The number of aromatic nitrogens is 3. The maximum Gasteiger partial charge on any atom is 0.274 e. The van der Waals surface area contributed by atoms with Crippen molar-refractivity contribution in [3.8, 4) is 11.3 Å². The van der Waals surface area contributed by atoms with Gasteiger partial charge in [-0.05, 0) is 36.8 Å². The minimum atomic E-state index is 0.0597. The van der Waals surface area contributed by atoms with E-state index < -0.39 is 0 Å². The van der Waals surface area contributed by atoms with Crippen LogP contribution in [-0.2, 0) is 39.4 Å². The zero-order chi connectivity index (χ0) is 23.8. The van der Waals surface area contributed by atoms with Gasteiger partial charge >= 0.3 is 0 Å². The molecule has 6 nitrogen and oxygen atoms in total. The summed E-state index contributed by atoms with van der Waals surface area (Å²) in [6.45, 7) is 2.15. The lowest BCUT2D eigenvalue weighted by atomic mass is 9.90. The van der Waals surface area contributed by atoms with Gasteiger partial charge in [0.1, 0.15) is 5.01 Å². The average molecular weight is 484 g/mol. The van der Waals surface area contributed by atoms with Crippen molar-refractivity contribution in [2.75, 3.05) is 6.54 Å². The molecule has 1 amide bonds. The molecule has 1 atom stereocenters. The highest BCUT2D eigenvalue weighted by Gasteiger charge is 2.31. The Morgan fingerprint density at radius 1 is 1.09 bits per heavy atom. The number of hydrogen-bond donors (Lipinski definition) is 1. The Labute approximate surface area is 209 Å². The molecule has 1 aliphatic heterocycles. The Balaban J connectivity index is 1.14. The summed E-state index contributed by atoms with van der Waals surface area (Å²) in [6.07, 6.45) is 3.69. The molecule has 0 saturated carbocycles. The van der Waals surface area contributed by atoms with Crippen LogP contribution in [0.4, 0.5) is 0 Å². The fraction of sp³-hybridized carbons (Fsp3) is 0.321. The monoisotopic (exact) mass is 483 g/mol. The minimum Gasteiger partial charge on any atom is -0.333 e. The largest absolute Gasteiger partial charge is 0.333 e. The van der Waals surface area contributed by atoms with Gasteiger partial charge < -0.3 is 10.2 Å². The van der Waals surface area contributed by atoms with Crippen LogP contribution >= 0.6 is 11.3 Å². The van der Waals surface area contributed by atoms with Crippen molar-refractivity contribution in [3.63, 3.8) is 0 Å². The van der Waals surface area contributed by atoms with Gasteiger partial charge in [-0.15, -0.1) is 11.3 Å². The summed E-state index contributed by atoms with van der Waals surface area (Å²) in [5, 5.41) is 11.6. The average Bonchev–Trinajstić information content (AvgIpc) is 3.52. The zero-order valence-electron chi connectivity index (χ0n) is 19.9. The van der Waals surface area contributed by atoms with E-state index in [1.54, 1.807) is 11.3 Å². The summed E-state index contributed by atoms with van der Waals surface area (Å²) in [7, 11) is 1.97. The molecule has 0 spiro atoms. The van der Waals surface area contributed by atoms with Crippen molar-refractivity contribution in [1.82, 2.24) is 25.0 Å². The number of fused-ring (bicyclic) bond motifs is 2. The Kier molecular flexibility index (Phi) is 5.96. The van der Waals surface area contributed by atoms with Gasteiger partial charge in [-0.25, -0.2) is 4.98 Å². The smallest absolute Gasteiger partial charge is 0.274 e. The lowest BCUT2D eigenvalue weighted by Gasteiger charge is -2.29. The van der Waals surface area contributed by atoms with E-state index in [0.29, 0.717) is 18.3 Å². The predicted octanol–water partition coefficient (Wildman–Crippen LogP) is 4.39. The highest BCUT2D eigenvalue weighted by atomic mass is 32.1. The molecule has 2 aliphatic rings. The van der Waals surface area contributed by atoms with Crippen molar-refractivity contribution >= 4 is 17.2 Å². The maximum atomic E-state index is 13.5. The van der Waals surface area contributed by atoms with Crippen molar-refractivity contribution in [2.24, 2.45) is 7.05 Å². The molecule has 3 heterocycles. The molecule has 178 valence electrons. The molecule has 0 fully saturated rings. The molecule has 35 heavy (non-hydrogen) atoms. The topological polar surface area (TPSA) is 63.1 Å². The first-order valence-corrected chi connectivity index (χ1v) is 13.2. The molecule has 0 bridgehead atoms. The van der Waals surface area contributed by atoms with Gasteiger partial charge in [0.2, 0.25) is 0 Å². The molecule has 6 rings (SSSR count). The van der Waals surface area contributed by atoms with Gasteiger partial charge in [0.05, 0.1) is 5.69 Å². The van der Waals surface area contributed by atoms with Gasteiger partial charge in [0.15, 0.2) is 5.69 Å². The molecular formula is C28H29N5OS. The second-order valence-electron chi connectivity index (χ2n) is 9.46. The quantitative estimate of drug-likeness (QED) is 0.457. The minimum absolute atomic E-state index is 0.0597. The Bertz CT molecular complexity index is 1360. The number of carbonyl (C=O) groups excluding carboxylic acids is 1. The lowest BCUT2D eigenvalue weighted by Crippen LogP contribution is -2.38. The van der Waals surface area contributed by atoms with Crippen LogP contribution in [0.1, 0.15) is 44.3 Å². The molecule has 1 aliphatic carbocycles. The Hall–Kier alpha value is -3.29. The first-order chi connectivity index (χ1) is 17.2. The van der Waals surface area contributed by atoms with Crippen molar-refractivity contribution < 1.29 is 4.79 Å². The van der Waals surface area contributed by atoms with Crippen LogP contribution in [0.2, 0.25) is 0 Å². The van der Waals surface area contributed by atoms with E-state index in [0.717, 1.165) is 60.6 Å². The highest BCUT2D eigenvalue weighted by Crippen LogP contribution is 2.28. The summed E-state index contributed by atoms with van der Waals surface area (Å²) in [5.41, 5.74) is 7.72. The summed E-state index contributed by atoms with van der Waals surface area (Å²) in [4.78, 5) is 20.3. The first kappa shape index (κ1) is 22.2. The van der Waals surface area contributed by atoms with Crippen LogP contribution in [0.3, 0.4) is 0 Å². The summed E-state index contributed by atoms with van der Waals surface area (Å²) in [5.74, 6) is 0.0597. The van der Waals surface area contributed by atoms with Crippen LogP contribution in [0.5, 0.6) is 0 Å². The van der Waals surface area contributed by atoms with Gasteiger partial charge in [-0.3, -0.25) is 9.48 Å². The van der Waals surface area contributed by atoms with Crippen LogP contribution in [0, 0.1) is 0 Å². The lowest BCUT2D eigenvalue weighted by molar-refractivity contribution is 0.0726. The molecule has 1 N–H and O–H groups in total. The van der Waals surface area contributed by atoms with Gasteiger partial charge in [-0.1, -0.05) is 54.6 Å². The van der Waals surface area contributed by atoms with Crippen molar-refractivity contribution in [1.29, 1.82) is 0 Å². The van der Waals surface area contributed by atoms with E-state index in [2.05, 4.69) is 47.1 Å². The number of amides is 1. The molecule has 4 aromatic rings. The van der Waals surface area contributed by atoms with E-state index in [1.165, 1.54) is 16.8 Å². The molecule has 2 aromatic heterocycles. The number of nitrogens with one attached hydrogen (secondary N) is 1. The second-order valence-corrected chi connectivity index (χ2v) is 10.4.